The van der Waals surface area contributed by atoms with Crippen LogP contribution in [0.1, 0.15) is 11.1 Å². The fourth-order valence-electron chi connectivity index (χ4n) is 1.87. The molecule has 26 heavy (non-hydrogen) atoms. The van der Waals surface area contributed by atoms with Gasteiger partial charge in [-0.3, -0.25) is 4.72 Å². The van der Waals surface area contributed by atoms with Gasteiger partial charge in [0.2, 0.25) is 0 Å². The van der Waals surface area contributed by atoms with Crippen molar-refractivity contribution in [2.75, 3.05) is 4.72 Å². The van der Waals surface area contributed by atoms with E-state index in [1.54, 1.807) is 0 Å². The number of sulfonamides is 1. The number of benzene rings is 2. The van der Waals surface area contributed by atoms with E-state index >= 15 is 0 Å². The Hall–Kier alpha value is -2.37. The Morgan fingerprint density at radius 2 is 1.19 bits per heavy atom. The zero-order valence-corrected chi connectivity index (χ0v) is 13.0. The maximum atomic E-state index is 13.5. The molecule has 2 rings (SSSR count). The summed E-state index contributed by atoms with van der Waals surface area (Å²) in [7, 11) is -5.15. The summed E-state index contributed by atoms with van der Waals surface area (Å²) in [6.07, 6.45) is -10.6. The van der Waals surface area contributed by atoms with Gasteiger partial charge in [-0.1, -0.05) is 6.07 Å². The van der Waals surface area contributed by atoms with Gasteiger partial charge in [-0.2, -0.15) is 26.3 Å². The Bertz CT molecular complexity index is 882. The third kappa shape index (κ3) is 4.23. The maximum absolute atomic E-state index is 13.5. The van der Waals surface area contributed by atoms with Gasteiger partial charge < -0.3 is 0 Å². The topological polar surface area (TPSA) is 46.2 Å². The molecule has 142 valence electrons. The van der Waals surface area contributed by atoms with E-state index in [2.05, 4.69) is 0 Å². The minimum absolute atomic E-state index is 0.0731. The lowest BCUT2D eigenvalue weighted by molar-refractivity contribution is -0.143. The van der Waals surface area contributed by atoms with Gasteiger partial charge in [0.25, 0.3) is 10.0 Å². The predicted molar refractivity (Wildman–Crippen MR) is 73.6 cm³/mol. The molecule has 2 aromatic rings. The number of halogens is 8. The zero-order chi connectivity index (χ0) is 19.9. The standard InChI is InChI=1S/C14H7F8NO2S/c15-10-2-1-3-11(16)12(10)23-26(24,25)9-5-7(13(17,18)19)4-8(6-9)14(20,21)22/h1-6,23H. The quantitative estimate of drug-likeness (QED) is 0.746. The van der Waals surface area contributed by atoms with Crippen molar-refractivity contribution in [3.05, 3.63) is 59.2 Å². The van der Waals surface area contributed by atoms with E-state index in [1.165, 1.54) is 4.72 Å². The van der Waals surface area contributed by atoms with Crippen molar-refractivity contribution >= 4 is 15.7 Å². The fourth-order valence-corrected chi connectivity index (χ4v) is 3.02. The summed E-state index contributed by atoms with van der Waals surface area (Å²) in [5.74, 6) is -2.81. The van der Waals surface area contributed by atoms with Gasteiger partial charge in [0.1, 0.15) is 17.3 Å². The van der Waals surface area contributed by atoms with E-state index in [1.807, 2.05) is 0 Å². The van der Waals surface area contributed by atoms with Crippen LogP contribution in [0.25, 0.3) is 0 Å². The molecule has 0 bridgehead atoms. The van der Waals surface area contributed by atoms with Crippen LogP contribution in [0, 0.1) is 11.6 Å². The van der Waals surface area contributed by atoms with Crippen LogP contribution in [-0.2, 0) is 22.4 Å². The van der Waals surface area contributed by atoms with Crippen LogP contribution in [0.5, 0.6) is 0 Å². The number of para-hydroxylation sites is 1. The lowest BCUT2D eigenvalue weighted by Gasteiger charge is -2.15. The Labute approximate surface area is 141 Å². The van der Waals surface area contributed by atoms with Crippen molar-refractivity contribution in [1.82, 2.24) is 0 Å². The van der Waals surface area contributed by atoms with Crippen LogP contribution in [0.3, 0.4) is 0 Å². The minimum Gasteiger partial charge on any atom is -0.274 e. The first-order chi connectivity index (χ1) is 11.7. The van der Waals surface area contributed by atoms with E-state index in [9.17, 15) is 43.5 Å². The maximum Gasteiger partial charge on any atom is 0.416 e. The van der Waals surface area contributed by atoms with Crippen molar-refractivity contribution in [2.24, 2.45) is 0 Å². The van der Waals surface area contributed by atoms with Gasteiger partial charge in [0.15, 0.2) is 0 Å². The van der Waals surface area contributed by atoms with Crippen LogP contribution < -0.4 is 4.72 Å². The molecule has 3 nitrogen and oxygen atoms in total. The average molecular weight is 405 g/mol. The van der Waals surface area contributed by atoms with Crippen molar-refractivity contribution in [1.29, 1.82) is 0 Å². The van der Waals surface area contributed by atoms with E-state index < -0.39 is 55.7 Å². The summed E-state index contributed by atoms with van der Waals surface area (Å²) in [5, 5.41) is 0. The number of nitrogens with one attached hydrogen (secondary N) is 1. The largest absolute Gasteiger partial charge is 0.416 e. The molecule has 0 unspecified atom stereocenters. The van der Waals surface area contributed by atoms with Crippen LogP contribution in [0.15, 0.2) is 41.3 Å². The molecule has 0 amide bonds. The first-order valence-electron chi connectivity index (χ1n) is 6.48. The molecule has 0 radical (unpaired) electrons. The molecule has 0 saturated heterocycles. The Morgan fingerprint density at radius 1 is 0.769 bits per heavy atom. The normalized spacial score (nSPS) is 12.9. The third-order valence-electron chi connectivity index (χ3n) is 3.07. The fraction of sp³-hybridized carbons (Fsp3) is 0.143. The molecule has 0 aliphatic heterocycles. The molecule has 0 aromatic heterocycles. The second kappa shape index (κ2) is 6.41. The van der Waals surface area contributed by atoms with Crippen LogP contribution in [0.2, 0.25) is 0 Å². The second-order valence-corrected chi connectivity index (χ2v) is 6.63. The number of anilines is 1. The lowest BCUT2D eigenvalue weighted by Crippen LogP contribution is -2.18. The smallest absolute Gasteiger partial charge is 0.274 e. The number of rotatable bonds is 3. The number of hydrogen-bond acceptors (Lipinski definition) is 2. The first kappa shape index (κ1) is 19.9. The highest BCUT2D eigenvalue weighted by Crippen LogP contribution is 2.37. The molecule has 0 aliphatic carbocycles. The molecule has 0 aliphatic rings. The Balaban J connectivity index is 2.62. The van der Waals surface area contributed by atoms with Crippen molar-refractivity contribution < 1.29 is 43.5 Å². The zero-order valence-electron chi connectivity index (χ0n) is 12.2. The van der Waals surface area contributed by atoms with Crippen LogP contribution in [-0.4, -0.2) is 8.42 Å². The third-order valence-corrected chi connectivity index (χ3v) is 4.40. The van der Waals surface area contributed by atoms with Gasteiger partial charge in [-0.05, 0) is 30.3 Å². The molecule has 0 saturated carbocycles. The Kier molecular flexibility index (Phi) is 4.92. The first-order valence-corrected chi connectivity index (χ1v) is 7.96. The van der Waals surface area contributed by atoms with E-state index in [4.69, 9.17) is 0 Å². The van der Waals surface area contributed by atoms with Crippen LogP contribution in [0.4, 0.5) is 40.8 Å². The van der Waals surface area contributed by atoms with Crippen molar-refractivity contribution in [2.45, 2.75) is 17.2 Å². The van der Waals surface area contributed by atoms with Gasteiger partial charge >= 0.3 is 12.4 Å². The molecular formula is C14H7F8NO2S. The molecule has 0 atom stereocenters. The highest BCUT2D eigenvalue weighted by Gasteiger charge is 2.38. The van der Waals surface area contributed by atoms with Gasteiger partial charge in [-0.25, -0.2) is 17.2 Å². The Morgan fingerprint density at radius 3 is 1.58 bits per heavy atom. The van der Waals surface area contributed by atoms with Gasteiger partial charge in [-0.15, -0.1) is 0 Å². The summed E-state index contributed by atoms with van der Waals surface area (Å²) in [5.41, 5.74) is -5.01. The van der Waals surface area contributed by atoms with Gasteiger partial charge in [0.05, 0.1) is 16.0 Å². The second-order valence-electron chi connectivity index (χ2n) is 4.94. The molecule has 1 N–H and O–H groups in total. The van der Waals surface area contributed by atoms with E-state index in [0.717, 1.165) is 6.07 Å². The summed E-state index contributed by atoms with van der Waals surface area (Å²) in [6.45, 7) is 0. The van der Waals surface area contributed by atoms with E-state index in [-0.39, 0.29) is 18.2 Å². The molecule has 0 spiro atoms. The van der Waals surface area contributed by atoms with Crippen molar-refractivity contribution in [3.63, 3.8) is 0 Å². The van der Waals surface area contributed by atoms with E-state index in [0.29, 0.717) is 12.1 Å². The number of alkyl halides is 6. The monoisotopic (exact) mass is 405 g/mol. The summed E-state index contributed by atoms with van der Waals surface area (Å²) >= 11 is 0. The summed E-state index contributed by atoms with van der Waals surface area (Å²) < 4.78 is 129. The highest BCUT2D eigenvalue weighted by molar-refractivity contribution is 7.92. The molecule has 12 heteroatoms. The predicted octanol–water partition coefficient (Wildman–Crippen LogP) is 4.80. The molecule has 2 aromatic carbocycles. The molecule has 0 fully saturated rings. The molecular weight excluding hydrogens is 398 g/mol. The van der Waals surface area contributed by atoms with Gasteiger partial charge in [0, 0.05) is 0 Å². The van der Waals surface area contributed by atoms with Crippen LogP contribution >= 0.6 is 0 Å². The lowest BCUT2D eigenvalue weighted by atomic mass is 10.1. The summed E-state index contributed by atoms with van der Waals surface area (Å²) in [6, 6.07) is 1.76. The number of hydrogen-bond donors (Lipinski definition) is 1. The molecule has 0 heterocycles. The minimum atomic E-state index is -5.28. The summed E-state index contributed by atoms with van der Waals surface area (Å²) in [4.78, 5) is -1.46. The van der Waals surface area contributed by atoms with Crippen molar-refractivity contribution in [3.8, 4) is 0 Å². The SMILES string of the molecule is O=S(=O)(Nc1c(F)cccc1F)c1cc(C(F)(F)F)cc(C(F)(F)F)c1. The highest BCUT2D eigenvalue weighted by atomic mass is 32.2. The average Bonchev–Trinajstić information content (AvgIpc) is 2.49.